The van der Waals surface area contributed by atoms with Crippen molar-refractivity contribution in [3.8, 4) is 0 Å². The zero-order chi connectivity index (χ0) is 16.9. The lowest BCUT2D eigenvalue weighted by Crippen LogP contribution is -2.15. The van der Waals surface area contributed by atoms with Gasteiger partial charge in [0, 0.05) is 16.9 Å². The topological polar surface area (TPSA) is 66.9 Å². The van der Waals surface area contributed by atoms with Gasteiger partial charge in [0.15, 0.2) is 0 Å². The molecule has 0 fully saturated rings. The minimum Gasteiger partial charge on any atom is -0.324 e. The van der Waals surface area contributed by atoms with Crippen molar-refractivity contribution in [2.24, 2.45) is 0 Å². The van der Waals surface area contributed by atoms with Gasteiger partial charge in [-0.3, -0.25) is 4.79 Å². The summed E-state index contributed by atoms with van der Waals surface area (Å²) in [5.74, 6) is -0.0799. The molecule has 3 aromatic rings. The first-order valence-electron chi connectivity index (χ1n) is 7.03. The molecule has 1 heterocycles. The number of para-hydroxylation sites is 1. The van der Waals surface area contributed by atoms with Crippen LogP contribution in [-0.4, -0.2) is 15.9 Å². The van der Waals surface area contributed by atoms with E-state index in [0.29, 0.717) is 21.7 Å². The minimum absolute atomic E-state index is 0.217. The Balaban J connectivity index is 1.77. The quantitative estimate of drug-likeness (QED) is 0.704. The minimum atomic E-state index is -0.375. The van der Waals surface area contributed by atoms with Gasteiger partial charge in [0.1, 0.15) is 5.69 Å². The molecule has 120 valence electrons. The number of nitrogens with one attached hydrogen (secondary N) is 2. The van der Waals surface area contributed by atoms with E-state index in [1.165, 1.54) is 12.3 Å². The fourth-order valence-electron chi connectivity index (χ4n) is 1.99. The summed E-state index contributed by atoms with van der Waals surface area (Å²) in [6, 6.07) is 15.6. The summed E-state index contributed by atoms with van der Waals surface area (Å²) in [4.78, 5) is 20.6. The average molecular weight is 359 g/mol. The molecule has 0 atom stereocenters. The highest BCUT2D eigenvalue weighted by molar-refractivity contribution is 6.33. The normalized spacial score (nSPS) is 10.2. The highest BCUT2D eigenvalue weighted by atomic mass is 35.5. The maximum Gasteiger partial charge on any atom is 0.274 e. The van der Waals surface area contributed by atoms with Crippen molar-refractivity contribution in [1.82, 2.24) is 9.97 Å². The Morgan fingerprint density at radius 3 is 2.62 bits per heavy atom. The number of hydrogen-bond acceptors (Lipinski definition) is 4. The van der Waals surface area contributed by atoms with Crippen LogP contribution in [0.15, 0.2) is 60.8 Å². The molecule has 0 aliphatic carbocycles. The van der Waals surface area contributed by atoms with Gasteiger partial charge in [-0.05, 0) is 36.4 Å². The van der Waals surface area contributed by atoms with Crippen LogP contribution in [0.5, 0.6) is 0 Å². The fraction of sp³-hybridized carbons (Fsp3) is 0. The van der Waals surface area contributed by atoms with E-state index in [4.69, 9.17) is 23.2 Å². The molecule has 0 spiro atoms. The lowest BCUT2D eigenvalue weighted by molar-refractivity contribution is 0.102. The summed E-state index contributed by atoms with van der Waals surface area (Å²) in [6.07, 6.45) is 1.50. The number of hydrogen-bond donors (Lipinski definition) is 2. The maximum absolute atomic E-state index is 12.3. The van der Waals surface area contributed by atoms with Crippen LogP contribution in [0.1, 0.15) is 10.5 Å². The molecule has 0 saturated heterocycles. The Morgan fingerprint density at radius 2 is 1.83 bits per heavy atom. The number of carbonyl (C=O) groups excluding carboxylic acids is 1. The van der Waals surface area contributed by atoms with E-state index in [-0.39, 0.29) is 11.6 Å². The first kappa shape index (κ1) is 16.2. The molecule has 0 aliphatic heterocycles. The van der Waals surface area contributed by atoms with Crippen molar-refractivity contribution in [2.75, 3.05) is 10.6 Å². The van der Waals surface area contributed by atoms with Gasteiger partial charge in [0.25, 0.3) is 5.91 Å². The monoisotopic (exact) mass is 358 g/mol. The summed E-state index contributed by atoms with van der Waals surface area (Å²) >= 11 is 12.0. The Hall–Kier alpha value is -2.63. The van der Waals surface area contributed by atoms with Crippen LogP contribution >= 0.6 is 23.2 Å². The number of carbonyl (C=O) groups is 1. The van der Waals surface area contributed by atoms with E-state index in [0.717, 1.165) is 5.69 Å². The molecule has 0 radical (unpaired) electrons. The van der Waals surface area contributed by atoms with Gasteiger partial charge < -0.3 is 10.6 Å². The number of rotatable bonds is 4. The predicted octanol–water partition coefficient (Wildman–Crippen LogP) is 4.78. The van der Waals surface area contributed by atoms with Crippen molar-refractivity contribution in [2.45, 2.75) is 0 Å². The van der Waals surface area contributed by atoms with E-state index < -0.39 is 0 Å². The fourth-order valence-corrected chi connectivity index (χ4v) is 2.36. The van der Waals surface area contributed by atoms with Crippen molar-refractivity contribution in [3.05, 3.63) is 76.5 Å². The number of halogens is 2. The van der Waals surface area contributed by atoms with E-state index in [1.807, 2.05) is 6.07 Å². The van der Waals surface area contributed by atoms with Crippen LogP contribution < -0.4 is 10.6 Å². The third-order valence-electron chi connectivity index (χ3n) is 3.09. The molecule has 0 saturated carbocycles. The van der Waals surface area contributed by atoms with Crippen LogP contribution in [0.3, 0.4) is 0 Å². The first-order chi connectivity index (χ1) is 11.6. The Kier molecular flexibility index (Phi) is 4.93. The zero-order valence-corrected chi connectivity index (χ0v) is 13.8. The predicted molar refractivity (Wildman–Crippen MR) is 96.2 cm³/mol. The Labute approximate surface area is 148 Å². The summed E-state index contributed by atoms with van der Waals surface area (Å²) in [6.45, 7) is 0. The molecule has 7 heteroatoms. The van der Waals surface area contributed by atoms with Crippen LogP contribution in [0.4, 0.5) is 17.3 Å². The molecular formula is C17H12Cl2N4O. The van der Waals surface area contributed by atoms with E-state index >= 15 is 0 Å². The molecule has 3 rings (SSSR count). The number of anilines is 3. The second-order valence-corrected chi connectivity index (χ2v) is 5.68. The number of amides is 1. The van der Waals surface area contributed by atoms with Gasteiger partial charge in [-0.1, -0.05) is 41.4 Å². The third-order valence-corrected chi connectivity index (χ3v) is 3.66. The lowest BCUT2D eigenvalue weighted by Gasteiger charge is -2.08. The molecule has 2 N–H and O–H groups in total. The van der Waals surface area contributed by atoms with Gasteiger partial charge >= 0.3 is 0 Å². The van der Waals surface area contributed by atoms with Gasteiger partial charge in [0.05, 0.1) is 10.7 Å². The maximum atomic E-state index is 12.3. The average Bonchev–Trinajstić information content (AvgIpc) is 2.57. The van der Waals surface area contributed by atoms with Crippen molar-refractivity contribution >= 4 is 46.4 Å². The SMILES string of the molecule is O=C(Nc1ccccc1Cl)c1ccnc(Nc2cccc(Cl)c2)n1. The van der Waals surface area contributed by atoms with Crippen LogP contribution in [0.25, 0.3) is 0 Å². The summed E-state index contributed by atoms with van der Waals surface area (Å²) < 4.78 is 0. The molecule has 1 amide bonds. The molecule has 2 aromatic carbocycles. The lowest BCUT2D eigenvalue weighted by atomic mass is 10.3. The van der Waals surface area contributed by atoms with Gasteiger partial charge in [-0.2, -0.15) is 0 Å². The molecule has 24 heavy (non-hydrogen) atoms. The summed E-state index contributed by atoms with van der Waals surface area (Å²) in [5, 5.41) is 6.77. The second kappa shape index (κ2) is 7.29. The zero-order valence-electron chi connectivity index (χ0n) is 12.3. The van der Waals surface area contributed by atoms with Crippen LogP contribution in [0.2, 0.25) is 10.0 Å². The van der Waals surface area contributed by atoms with Gasteiger partial charge in [-0.15, -0.1) is 0 Å². The number of benzene rings is 2. The summed E-state index contributed by atoms with van der Waals surface area (Å²) in [7, 11) is 0. The van der Waals surface area contributed by atoms with Crippen molar-refractivity contribution in [3.63, 3.8) is 0 Å². The molecule has 1 aromatic heterocycles. The van der Waals surface area contributed by atoms with Crippen LogP contribution in [-0.2, 0) is 0 Å². The van der Waals surface area contributed by atoms with Gasteiger partial charge in [-0.25, -0.2) is 9.97 Å². The molecular weight excluding hydrogens is 347 g/mol. The second-order valence-electron chi connectivity index (χ2n) is 4.83. The standard InChI is InChI=1S/C17H12Cl2N4O/c18-11-4-3-5-12(10-11)21-17-20-9-8-15(23-17)16(24)22-14-7-2-1-6-13(14)19/h1-10H,(H,22,24)(H,20,21,23). The largest absolute Gasteiger partial charge is 0.324 e. The first-order valence-corrected chi connectivity index (χ1v) is 7.79. The molecule has 0 aliphatic rings. The van der Waals surface area contributed by atoms with E-state index in [1.54, 1.807) is 42.5 Å². The third kappa shape index (κ3) is 4.01. The molecule has 5 nitrogen and oxygen atoms in total. The number of nitrogens with zero attached hydrogens (tertiary/aromatic N) is 2. The Morgan fingerprint density at radius 1 is 1.00 bits per heavy atom. The van der Waals surface area contributed by atoms with Crippen molar-refractivity contribution < 1.29 is 4.79 Å². The molecule has 0 unspecified atom stereocenters. The Bertz CT molecular complexity index is 886. The number of aromatic nitrogens is 2. The van der Waals surface area contributed by atoms with E-state index in [2.05, 4.69) is 20.6 Å². The van der Waals surface area contributed by atoms with E-state index in [9.17, 15) is 4.79 Å². The van der Waals surface area contributed by atoms with Gasteiger partial charge in [0.2, 0.25) is 5.95 Å². The smallest absolute Gasteiger partial charge is 0.274 e. The highest BCUT2D eigenvalue weighted by Crippen LogP contribution is 2.21. The van der Waals surface area contributed by atoms with Crippen molar-refractivity contribution in [1.29, 1.82) is 0 Å². The van der Waals surface area contributed by atoms with Crippen LogP contribution in [0, 0.1) is 0 Å². The molecule has 0 bridgehead atoms. The highest BCUT2D eigenvalue weighted by Gasteiger charge is 2.11. The summed E-state index contributed by atoms with van der Waals surface area (Å²) in [5.41, 5.74) is 1.47.